The number of para-hydroxylation sites is 2. The van der Waals surface area contributed by atoms with Gasteiger partial charge in [0.25, 0.3) is 5.91 Å². The molecular weight excluding hydrogens is 280 g/mol. The van der Waals surface area contributed by atoms with Crippen LogP contribution in [0.1, 0.15) is 12.5 Å². The summed E-state index contributed by atoms with van der Waals surface area (Å²) >= 11 is 0. The van der Waals surface area contributed by atoms with Gasteiger partial charge in [0.05, 0.1) is 13.3 Å². The lowest BCUT2D eigenvalue weighted by Gasteiger charge is -2.15. The van der Waals surface area contributed by atoms with Gasteiger partial charge in [-0.3, -0.25) is 4.79 Å². The highest BCUT2D eigenvalue weighted by Crippen LogP contribution is 2.26. The minimum absolute atomic E-state index is 0.335. The molecule has 0 bridgehead atoms. The number of carbonyl (C=O) groups is 1. The van der Waals surface area contributed by atoms with Crippen LogP contribution in [0.2, 0.25) is 0 Å². The quantitative estimate of drug-likeness (QED) is 0.659. The summed E-state index contributed by atoms with van der Waals surface area (Å²) in [5.74, 6) is 0.757. The second kappa shape index (κ2) is 7.83. The van der Waals surface area contributed by atoms with Crippen molar-refractivity contribution < 1.29 is 14.3 Å². The third-order valence-electron chi connectivity index (χ3n) is 2.93. The van der Waals surface area contributed by atoms with Crippen molar-refractivity contribution in [2.45, 2.75) is 13.0 Å². The van der Waals surface area contributed by atoms with Crippen LogP contribution in [-0.4, -0.2) is 25.3 Å². The van der Waals surface area contributed by atoms with Gasteiger partial charge in [-0.15, -0.1) is 0 Å². The summed E-state index contributed by atoms with van der Waals surface area (Å²) in [6.07, 6.45) is 0.887. The van der Waals surface area contributed by atoms with Crippen molar-refractivity contribution in [3.05, 3.63) is 60.2 Å². The molecule has 0 aromatic heterocycles. The Hall–Kier alpha value is -2.82. The first-order valence-corrected chi connectivity index (χ1v) is 6.88. The molecule has 1 atom stereocenters. The molecule has 2 rings (SSSR count). The summed E-state index contributed by atoms with van der Waals surface area (Å²) in [5.41, 5.74) is 3.36. The zero-order valence-electron chi connectivity index (χ0n) is 12.5. The molecule has 0 aliphatic carbocycles. The first-order chi connectivity index (χ1) is 10.7. The van der Waals surface area contributed by atoms with E-state index in [9.17, 15) is 4.79 Å². The largest absolute Gasteiger partial charge is 0.493 e. The Balaban J connectivity index is 1.91. The Morgan fingerprint density at radius 2 is 1.73 bits per heavy atom. The van der Waals surface area contributed by atoms with Crippen LogP contribution in [0.25, 0.3) is 0 Å². The van der Waals surface area contributed by atoms with Crippen molar-refractivity contribution in [2.24, 2.45) is 5.10 Å². The van der Waals surface area contributed by atoms with Gasteiger partial charge in [0, 0.05) is 0 Å². The monoisotopic (exact) mass is 298 g/mol. The standard InChI is InChI=1S/C17H18N2O3/c1-13(22-16-11-7-6-10-15(16)21-2)17(20)19-18-12-14-8-4-3-5-9-14/h3-13H,1-2H3,(H,19,20)/b18-12-/t13-/m0/s1. The van der Waals surface area contributed by atoms with Crippen molar-refractivity contribution in [3.8, 4) is 11.5 Å². The van der Waals surface area contributed by atoms with Crippen molar-refractivity contribution in [1.29, 1.82) is 0 Å². The predicted molar refractivity (Wildman–Crippen MR) is 85.3 cm³/mol. The second-order valence-electron chi connectivity index (χ2n) is 4.56. The Kier molecular flexibility index (Phi) is 5.54. The summed E-state index contributed by atoms with van der Waals surface area (Å²) in [6, 6.07) is 16.7. The van der Waals surface area contributed by atoms with E-state index in [1.165, 1.54) is 0 Å². The van der Waals surface area contributed by atoms with Gasteiger partial charge in [-0.25, -0.2) is 5.43 Å². The molecule has 0 radical (unpaired) electrons. The number of hydrogen-bond acceptors (Lipinski definition) is 4. The molecule has 2 aromatic carbocycles. The molecule has 1 N–H and O–H groups in total. The van der Waals surface area contributed by atoms with E-state index in [0.29, 0.717) is 11.5 Å². The summed E-state index contributed by atoms with van der Waals surface area (Å²) in [7, 11) is 1.55. The zero-order valence-corrected chi connectivity index (χ0v) is 12.5. The molecule has 22 heavy (non-hydrogen) atoms. The Morgan fingerprint density at radius 1 is 1.09 bits per heavy atom. The summed E-state index contributed by atoms with van der Waals surface area (Å²) in [4.78, 5) is 11.9. The van der Waals surface area contributed by atoms with Crippen LogP contribution in [-0.2, 0) is 4.79 Å². The Morgan fingerprint density at radius 3 is 2.41 bits per heavy atom. The van der Waals surface area contributed by atoms with E-state index in [1.807, 2.05) is 42.5 Å². The highest BCUT2D eigenvalue weighted by molar-refractivity contribution is 5.84. The third-order valence-corrected chi connectivity index (χ3v) is 2.93. The first kappa shape index (κ1) is 15.6. The van der Waals surface area contributed by atoms with E-state index in [1.54, 1.807) is 32.4 Å². The van der Waals surface area contributed by atoms with Gasteiger partial charge >= 0.3 is 0 Å². The molecule has 2 aromatic rings. The van der Waals surface area contributed by atoms with E-state index in [4.69, 9.17) is 9.47 Å². The highest BCUT2D eigenvalue weighted by atomic mass is 16.5. The molecule has 5 nitrogen and oxygen atoms in total. The van der Waals surface area contributed by atoms with Crippen molar-refractivity contribution in [3.63, 3.8) is 0 Å². The summed E-state index contributed by atoms with van der Waals surface area (Å²) in [6.45, 7) is 1.65. The molecule has 1 amide bonds. The molecule has 0 saturated heterocycles. The minimum atomic E-state index is -0.691. The van der Waals surface area contributed by atoms with Crippen LogP contribution >= 0.6 is 0 Å². The molecule has 5 heteroatoms. The molecule has 0 unspecified atom stereocenters. The Bertz CT molecular complexity index is 641. The maximum atomic E-state index is 11.9. The van der Waals surface area contributed by atoms with Crippen LogP contribution in [0.3, 0.4) is 0 Å². The molecule has 0 aliphatic heterocycles. The number of nitrogens with zero attached hydrogens (tertiary/aromatic N) is 1. The number of methoxy groups -OCH3 is 1. The van der Waals surface area contributed by atoms with Crippen LogP contribution in [0.15, 0.2) is 59.7 Å². The van der Waals surface area contributed by atoms with Gasteiger partial charge < -0.3 is 9.47 Å². The Labute approximate surface area is 129 Å². The normalized spacial score (nSPS) is 11.9. The number of benzene rings is 2. The number of hydrogen-bond donors (Lipinski definition) is 1. The fourth-order valence-electron chi connectivity index (χ4n) is 1.76. The number of ether oxygens (including phenoxy) is 2. The maximum absolute atomic E-state index is 11.9. The molecule has 0 saturated carbocycles. The van der Waals surface area contributed by atoms with Gasteiger partial charge in [0.1, 0.15) is 0 Å². The molecule has 0 fully saturated rings. The van der Waals surface area contributed by atoms with Crippen molar-refractivity contribution >= 4 is 12.1 Å². The third kappa shape index (κ3) is 4.34. The fraction of sp³-hybridized carbons (Fsp3) is 0.176. The molecule has 0 aliphatic rings. The molecular formula is C17H18N2O3. The number of rotatable bonds is 6. The SMILES string of the molecule is COc1ccccc1O[C@@H](C)C(=O)N/N=C\c1ccccc1. The van der Waals surface area contributed by atoms with Gasteiger partial charge in [0.15, 0.2) is 17.6 Å². The lowest BCUT2D eigenvalue weighted by atomic mass is 10.2. The number of nitrogens with one attached hydrogen (secondary N) is 1. The van der Waals surface area contributed by atoms with E-state index in [2.05, 4.69) is 10.5 Å². The first-order valence-electron chi connectivity index (χ1n) is 6.88. The van der Waals surface area contributed by atoms with Crippen LogP contribution in [0.5, 0.6) is 11.5 Å². The number of hydrazone groups is 1. The average molecular weight is 298 g/mol. The van der Waals surface area contributed by atoms with Crippen LogP contribution < -0.4 is 14.9 Å². The van der Waals surface area contributed by atoms with Crippen molar-refractivity contribution in [1.82, 2.24) is 5.43 Å². The highest BCUT2D eigenvalue weighted by Gasteiger charge is 2.15. The second-order valence-corrected chi connectivity index (χ2v) is 4.56. The van der Waals surface area contributed by atoms with Gasteiger partial charge in [-0.05, 0) is 24.6 Å². The smallest absolute Gasteiger partial charge is 0.280 e. The maximum Gasteiger partial charge on any atom is 0.280 e. The summed E-state index contributed by atoms with van der Waals surface area (Å²) in [5, 5.41) is 3.91. The molecule has 114 valence electrons. The zero-order chi connectivity index (χ0) is 15.8. The number of amides is 1. The van der Waals surface area contributed by atoms with Gasteiger partial charge in [-0.1, -0.05) is 42.5 Å². The fourth-order valence-corrected chi connectivity index (χ4v) is 1.76. The van der Waals surface area contributed by atoms with E-state index in [-0.39, 0.29) is 5.91 Å². The van der Waals surface area contributed by atoms with E-state index in [0.717, 1.165) is 5.56 Å². The number of carbonyl (C=O) groups excluding carboxylic acids is 1. The lowest BCUT2D eigenvalue weighted by molar-refractivity contribution is -0.127. The van der Waals surface area contributed by atoms with Crippen molar-refractivity contribution in [2.75, 3.05) is 7.11 Å². The lowest BCUT2D eigenvalue weighted by Crippen LogP contribution is -2.33. The van der Waals surface area contributed by atoms with Gasteiger partial charge in [-0.2, -0.15) is 5.10 Å². The van der Waals surface area contributed by atoms with E-state index < -0.39 is 6.10 Å². The van der Waals surface area contributed by atoms with Crippen LogP contribution in [0, 0.1) is 0 Å². The van der Waals surface area contributed by atoms with Crippen LogP contribution in [0.4, 0.5) is 0 Å². The minimum Gasteiger partial charge on any atom is -0.493 e. The topological polar surface area (TPSA) is 59.9 Å². The molecule has 0 heterocycles. The predicted octanol–water partition coefficient (Wildman–Crippen LogP) is 2.61. The molecule has 0 spiro atoms. The van der Waals surface area contributed by atoms with E-state index >= 15 is 0 Å². The average Bonchev–Trinajstić information content (AvgIpc) is 2.56. The summed E-state index contributed by atoms with van der Waals surface area (Å²) < 4.78 is 10.8. The van der Waals surface area contributed by atoms with Gasteiger partial charge in [0.2, 0.25) is 0 Å².